The van der Waals surface area contributed by atoms with Crippen LogP contribution in [0.15, 0.2) is 47.8 Å². The minimum atomic E-state index is -9.93. The average Bonchev–Trinajstić information content (AvgIpc) is 2.95. The molecule has 12 heteroatoms. The third-order valence-corrected chi connectivity index (χ3v) is 4.70. The third-order valence-electron chi connectivity index (χ3n) is 3.58. The lowest BCUT2D eigenvalue weighted by atomic mass is 10.1. The maximum absolute atomic E-state index is 13.1. The Morgan fingerprint density at radius 1 is 1.23 bits per heavy atom. The summed E-state index contributed by atoms with van der Waals surface area (Å²) in [6, 6.07) is 4.71. The van der Waals surface area contributed by atoms with Crippen molar-refractivity contribution in [2.45, 2.75) is 11.4 Å². The molecule has 6 nitrogen and oxygen atoms in total. The molecular weight excluding hydrogens is 381 g/mol. The Balaban J connectivity index is 2.02. The fourth-order valence-corrected chi connectivity index (χ4v) is 3.01. The van der Waals surface area contributed by atoms with Crippen LogP contribution < -0.4 is 10.00 Å². The van der Waals surface area contributed by atoms with E-state index in [0.717, 1.165) is 6.07 Å². The molecule has 0 atom stereocenters. The number of nitrogens with zero attached hydrogens (tertiary/aromatic N) is 4. The van der Waals surface area contributed by atoms with Crippen LogP contribution in [0.25, 0.3) is 5.65 Å². The number of halogens is 5. The first-order valence-corrected chi connectivity index (χ1v) is 9.11. The van der Waals surface area contributed by atoms with Crippen molar-refractivity contribution < 1.29 is 28.9 Å². The van der Waals surface area contributed by atoms with E-state index < -0.39 is 33.0 Å². The van der Waals surface area contributed by atoms with E-state index in [1.54, 1.807) is 12.1 Å². The van der Waals surface area contributed by atoms with Gasteiger partial charge in [-0.2, -0.15) is 0 Å². The van der Waals surface area contributed by atoms with Crippen LogP contribution >= 0.6 is 10.2 Å². The van der Waals surface area contributed by atoms with Crippen LogP contribution in [-0.2, 0) is 6.54 Å². The molecule has 2 heterocycles. The molecule has 0 amide bonds. The number of Topliss-reactive ketones (excluding diaryl/α,β-unsaturated/α-hetero) is 1. The van der Waals surface area contributed by atoms with Crippen molar-refractivity contribution in [2.24, 2.45) is 0 Å². The number of carbonyl (C=O) groups is 1. The molecule has 0 aliphatic heterocycles. The van der Waals surface area contributed by atoms with E-state index in [-0.39, 0.29) is 17.8 Å². The molecule has 0 bridgehead atoms. The van der Waals surface area contributed by atoms with Gasteiger partial charge < -0.3 is 5.32 Å². The van der Waals surface area contributed by atoms with Crippen molar-refractivity contribution >= 4 is 27.3 Å². The molecule has 1 N–H and O–H groups in total. The average molecular weight is 394 g/mol. The second-order valence-corrected chi connectivity index (χ2v) is 7.91. The van der Waals surface area contributed by atoms with Crippen LogP contribution in [0, 0.1) is 0 Å². The van der Waals surface area contributed by atoms with Gasteiger partial charge in [0.05, 0.1) is 6.20 Å². The van der Waals surface area contributed by atoms with Gasteiger partial charge in [0.2, 0.25) is 5.78 Å². The number of hydrogen-bond donors (Lipinski definition) is 1. The van der Waals surface area contributed by atoms with E-state index >= 15 is 0 Å². The Morgan fingerprint density at radius 3 is 2.62 bits per heavy atom. The number of anilines is 1. The Bertz CT molecular complexity index is 1020. The smallest absolute Gasteiger partial charge is 0.329 e. The first-order chi connectivity index (χ1) is 11.9. The van der Waals surface area contributed by atoms with E-state index in [2.05, 4.69) is 15.5 Å². The number of rotatable bonds is 5. The van der Waals surface area contributed by atoms with E-state index in [9.17, 15) is 24.2 Å². The van der Waals surface area contributed by atoms with Crippen molar-refractivity contribution in [3.8, 4) is 0 Å². The minimum Gasteiger partial charge on any atom is -0.388 e. The SMILES string of the molecule is CNc1cc(C(=O)C[n+]2ncn3ncccc32)cc(S(F)(F)(F)(F)F)c1. The molecule has 0 fully saturated rings. The van der Waals surface area contributed by atoms with Crippen LogP contribution in [0.2, 0.25) is 0 Å². The highest BCUT2D eigenvalue weighted by atomic mass is 32.5. The molecule has 2 aromatic heterocycles. The molecule has 140 valence electrons. The quantitative estimate of drug-likeness (QED) is 0.408. The first-order valence-electron chi connectivity index (χ1n) is 7.16. The molecule has 0 spiro atoms. The largest absolute Gasteiger partial charge is 0.388 e. The molecular formula is C14H13F5N5OS+. The number of fused-ring (bicyclic) bond motifs is 1. The van der Waals surface area contributed by atoms with Crippen LogP contribution in [0.3, 0.4) is 0 Å². The van der Waals surface area contributed by atoms with Crippen LogP contribution in [0.1, 0.15) is 10.4 Å². The maximum Gasteiger partial charge on any atom is 0.329 e. The summed E-state index contributed by atoms with van der Waals surface area (Å²) in [7, 11) is -8.66. The van der Waals surface area contributed by atoms with Crippen molar-refractivity contribution in [3.05, 3.63) is 48.4 Å². The zero-order valence-electron chi connectivity index (χ0n) is 13.2. The standard InChI is InChI=1S/C14H13F5N5OS/c1-20-11-5-10(6-12(7-11)26(15,16,17,18)19)13(25)8-23-14-3-2-4-21-24(14)9-22-23/h2-7,9,20H,8H2,1H3/q+1. The second kappa shape index (κ2) is 5.13. The van der Waals surface area contributed by atoms with Crippen molar-refractivity contribution in [2.75, 3.05) is 12.4 Å². The monoisotopic (exact) mass is 394 g/mol. The van der Waals surface area contributed by atoms with E-state index in [1.807, 2.05) is 0 Å². The van der Waals surface area contributed by atoms with Crippen LogP contribution in [0.5, 0.6) is 0 Å². The number of nitrogens with one attached hydrogen (secondary N) is 1. The lowest BCUT2D eigenvalue weighted by molar-refractivity contribution is -0.715. The number of ketones is 1. The van der Waals surface area contributed by atoms with Gasteiger partial charge in [-0.15, -0.1) is 4.68 Å². The summed E-state index contributed by atoms with van der Waals surface area (Å²) in [5, 5.41) is 10.2. The second-order valence-electron chi connectivity index (χ2n) is 5.50. The molecule has 0 saturated carbocycles. The Labute approximate surface area is 144 Å². The molecule has 0 saturated heterocycles. The summed E-state index contributed by atoms with van der Waals surface area (Å²) in [6.07, 6.45) is 2.80. The minimum absolute atomic E-state index is 0.168. The molecule has 26 heavy (non-hydrogen) atoms. The topological polar surface area (TPSA) is 63.2 Å². The molecule has 0 aliphatic carbocycles. The molecule has 0 unspecified atom stereocenters. The normalized spacial score (nSPS) is 14.7. The van der Waals surface area contributed by atoms with Gasteiger partial charge in [-0.3, -0.25) is 4.79 Å². The highest BCUT2D eigenvalue weighted by Gasteiger charge is 2.65. The number of carbonyl (C=O) groups excluding carboxylic acids is 1. The highest BCUT2D eigenvalue weighted by Crippen LogP contribution is 3.02. The predicted molar refractivity (Wildman–Crippen MR) is 84.9 cm³/mol. The fraction of sp³-hybridized carbons (Fsp3) is 0.143. The maximum atomic E-state index is 13.1. The summed E-state index contributed by atoms with van der Waals surface area (Å²) in [4.78, 5) is 10.3. The molecule has 1 aromatic carbocycles. The molecule has 0 radical (unpaired) electrons. The Kier molecular flexibility index (Phi) is 3.56. The summed E-state index contributed by atoms with van der Waals surface area (Å²) in [6.45, 7) is -0.435. The van der Waals surface area contributed by atoms with Crippen molar-refractivity contribution in [3.63, 3.8) is 0 Å². The third kappa shape index (κ3) is 3.59. The van der Waals surface area contributed by atoms with Crippen LogP contribution in [-0.4, -0.2) is 27.5 Å². The molecule has 3 aromatic rings. The van der Waals surface area contributed by atoms with Gasteiger partial charge >= 0.3 is 15.9 Å². The predicted octanol–water partition coefficient (Wildman–Crippen LogP) is 3.60. The van der Waals surface area contributed by atoms with Gasteiger partial charge in [-0.25, -0.2) is 0 Å². The summed E-state index contributed by atoms with van der Waals surface area (Å²) in [5.74, 6) is -0.806. The Morgan fingerprint density at radius 2 is 1.96 bits per heavy atom. The van der Waals surface area contributed by atoms with E-state index in [1.165, 1.54) is 28.8 Å². The van der Waals surface area contributed by atoms with Crippen molar-refractivity contribution in [1.82, 2.24) is 14.7 Å². The Hall–Kier alpha value is -2.76. The van der Waals surface area contributed by atoms with E-state index in [0.29, 0.717) is 5.65 Å². The van der Waals surface area contributed by atoms with Gasteiger partial charge in [-0.1, -0.05) is 29.0 Å². The number of aromatic nitrogens is 4. The van der Waals surface area contributed by atoms with Gasteiger partial charge in [0.1, 0.15) is 4.90 Å². The summed E-state index contributed by atoms with van der Waals surface area (Å²) in [5.41, 5.74) is -0.336. The fourth-order valence-electron chi connectivity index (χ4n) is 2.31. The van der Waals surface area contributed by atoms with Gasteiger partial charge in [0, 0.05) is 24.4 Å². The zero-order chi connectivity index (χ0) is 19.2. The van der Waals surface area contributed by atoms with Crippen molar-refractivity contribution in [1.29, 1.82) is 0 Å². The lowest BCUT2D eigenvalue weighted by Crippen LogP contribution is -2.40. The molecule has 0 aliphatic rings. The van der Waals surface area contributed by atoms with Gasteiger partial charge in [-0.05, 0) is 29.4 Å². The zero-order valence-corrected chi connectivity index (χ0v) is 14.1. The number of benzene rings is 1. The summed E-state index contributed by atoms with van der Waals surface area (Å²) < 4.78 is 68.2. The van der Waals surface area contributed by atoms with Gasteiger partial charge in [0.15, 0.2) is 6.54 Å². The summed E-state index contributed by atoms with van der Waals surface area (Å²) >= 11 is 0. The van der Waals surface area contributed by atoms with Crippen LogP contribution in [0.4, 0.5) is 25.1 Å². The van der Waals surface area contributed by atoms with Gasteiger partial charge in [0.25, 0.3) is 6.33 Å². The first kappa shape index (κ1) is 18.0. The lowest BCUT2D eigenvalue weighted by Gasteiger charge is -2.40. The molecule has 3 rings (SSSR count). The highest BCUT2D eigenvalue weighted by molar-refractivity contribution is 8.45. The number of hydrogen-bond acceptors (Lipinski definition) is 4. The van der Waals surface area contributed by atoms with E-state index in [4.69, 9.17) is 0 Å².